The third kappa shape index (κ3) is 3.55. The van der Waals surface area contributed by atoms with Crippen LogP contribution in [0.3, 0.4) is 0 Å². The first-order valence-electron chi connectivity index (χ1n) is 5.68. The molecule has 2 aromatic heterocycles. The van der Waals surface area contributed by atoms with Crippen LogP contribution in [0.5, 0.6) is 0 Å². The van der Waals surface area contributed by atoms with E-state index in [0.717, 1.165) is 0 Å². The van der Waals surface area contributed by atoms with Gasteiger partial charge in [-0.05, 0) is 11.4 Å². The number of halogens is 2. The monoisotopic (exact) mass is 289 g/mol. The van der Waals surface area contributed by atoms with Crippen molar-refractivity contribution < 1.29 is 13.9 Å². The molecule has 8 heteroatoms. The first kappa shape index (κ1) is 14.0. The molecule has 19 heavy (non-hydrogen) atoms. The van der Waals surface area contributed by atoms with Crippen molar-refractivity contribution in [3.05, 3.63) is 27.6 Å². The van der Waals surface area contributed by atoms with E-state index >= 15 is 0 Å². The zero-order chi connectivity index (χ0) is 13.8. The van der Waals surface area contributed by atoms with Gasteiger partial charge in [0.05, 0.1) is 25.2 Å². The number of nitrogens with one attached hydrogen (secondary N) is 1. The van der Waals surface area contributed by atoms with Crippen LogP contribution in [0.25, 0.3) is 10.2 Å². The van der Waals surface area contributed by atoms with Gasteiger partial charge in [0.25, 0.3) is 12.0 Å². The molecule has 0 unspecified atom stereocenters. The van der Waals surface area contributed by atoms with Gasteiger partial charge < -0.3 is 10.1 Å². The van der Waals surface area contributed by atoms with Gasteiger partial charge in [0, 0.05) is 6.54 Å². The van der Waals surface area contributed by atoms with Crippen molar-refractivity contribution in [3.63, 3.8) is 0 Å². The predicted molar refractivity (Wildman–Crippen MR) is 68.6 cm³/mol. The summed E-state index contributed by atoms with van der Waals surface area (Å²) in [6.45, 7) is -0.509. The Kier molecular flexibility index (Phi) is 4.56. The van der Waals surface area contributed by atoms with E-state index in [9.17, 15) is 13.6 Å². The Morgan fingerprint density at radius 2 is 2.32 bits per heavy atom. The lowest BCUT2D eigenvalue weighted by Gasteiger charge is -2.19. The third-order valence-corrected chi connectivity index (χ3v) is 3.45. The molecule has 2 N–H and O–H groups in total. The summed E-state index contributed by atoms with van der Waals surface area (Å²) in [5, 5.41) is 10.6. The molecule has 0 bridgehead atoms. The maximum absolute atomic E-state index is 12.4. The van der Waals surface area contributed by atoms with Crippen molar-refractivity contribution in [1.82, 2.24) is 14.9 Å². The van der Waals surface area contributed by atoms with Crippen molar-refractivity contribution >= 4 is 21.6 Å². The van der Waals surface area contributed by atoms with Crippen LogP contribution in [0.1, 0.15) is 5.82 Å². The highest BCUT2D eigenvalue weighted by Gasteiger charge is 2.14. The molecule has 0 saturated heterocycles. The first-order chi connectivity index (χ1) is 9.10. The highest BCUT2D eigenvalue weighted by Crippen LogP contribution is 2.14. The standard InChI is InChI=1S/C11H13F2N3O2S/c12-8(13)5-16(2-3-17)6-9-14-7-1-4-19-10(7)11(18)15-9/h1,4,8,17H,2-3,5-6H2,(H,14,15,18). The van der Waals surface area contributed by atoms with Crippen LogP contribution in [0, 0.1) is 0 Å². The maximum atomic E-state index is 12.4. The highest BCUT2D eigenvalue weighted by molar-refractivity contribution is 7.17. The minimum Gasteiger partial charge on any atom is -0.395 e. The maximum Gasteiger partial charge on any atom is 0.268 e. The molecule has 2 heterocycles. The number of aliphatic hydroxyl groups is 1. The Morgan fingerprint density at radius 1 is 1.53 bits per heavy atom. The summed E-state index contributed by atoms with van der Waals surface area (Å²) >= 11 is 1.28. The highest BCUT2D eigenvalue weighted by atomic mass is 32.1. The molecule has 0 saturated carbocycles. The number of rotatable bonds is 6. The van der Waals surface area contributed by atoms with Crippen molar-refractivity contribution in [2.45, 2.75) is 13.0 Å². The summed E-state index contributed by atoms with van der Waals surface area (Å²) in [6, 6.07) is 1.71. The zero-order valence-electron chi connectivity index (χ0n) is 9.97. The van der Waals surface area contributed by atoms with Crippen molar-refractivity contribution in [1.29, 1.82) is 0 Å². The Balaban J connectivity index is 2.20. The van der Waals surface area contributed by atoms with Crippen LogP contribution < -0.4 is 5.56 Å². The minimum absolute atomic E-state index is 0.0753. The number of aliphatic hydroxyl groups excluding tert-OH is 1. The number of fused-ring (bicyclic) bond motifs is 1. The van der Waals surface area contributed by atoms with E-state index in [1.165, 1.54) is 16.2 Å². The van der Waals surface area contributed by atoms with Crippen LogP contribution in [-0.2, 0) is 6.54 Å². The van der Waals surface area contributed by atoms with Gasteiger partial charge in [0.2, 0.25) is 0 Å². The molecule has 104 valence electrons. The quantitative estimate of drug-likeness (QED) is 0.834. The molecule has 0 atom stereocenters. The largest absolute Gasteiger partial charge is 0.395 e. The number of H-pyrrole nitrogens is 1. The molecule has 0 radical (unpaired) electrons. The molecule has 0 spiro atoms. The molecule has 0 amide bonds. The lowest BCUT2D eigenvalue weighted by Crippen LogP contribution is -2.32. The fourth-order valence-corrected chi connectivity index (χ4v) is 2.51. The minimum atomic E-state index is -2.50. The molecule has 2 aromatic rings. The summed E-state index contributed by atoms with van der Waals surface area (Å²) in [7, 11) is 0. The molecule has 0 aliphatic carbocycles. The van der Waals surface area contributed by atoms with E-state index in [-0.39, 0.29) is 25.3 Å². The Bertz CT molecular complexity index is 599. The van der Waals surface area contributed by atoms with Crippen LogP contribution in [0.4, 0.5) is 8.78 Å². The second-order valence-corrected chi connectivity index (χ2v) is 4.91. The predicted octanol–water partition coefficient (Wildman–Crippen LogP) is 1.04. The van der Waals surface area contributed by atoms with Crippen LogP contribution >= 0.6 is 11.3 Å². The number of aromatic nitrogens is 2. The van der Waals surface area contributed by atoms with E-state index in [1.54, 1.807) is 11.4 Å². The summed E-state index contributed by atoms with van der Waals surface area (Å²) in [4.78, 5) is 19.9. The summed E-state index contributed by atoms with van der Waals surface area (Å²) in [6.07, 6.45) is -2.50. The lowest BCUT2D eigenvalue weighted by atomic mass is 10.4. The van der Waals surface area contributed by atoms with Gasteiger partial charge in [0.1, 0.15) is 10.5 Å². The van der Waals surface area contributed by atoms with Gasteiger partial charge in [-0.2, -0.15) is 0 Å². The number of nitrogens with zero attached hydrogens (tertiary/aromatic N) is 2. The number of thiophene rings is 1. The average molecular weight is 289 g/mol. The SMILES string of the molecule is O=c1[nH]c(CN(CCO)CC(F)F)nc2ccsc12. The number of alkyl halides is 2. The second kappa shape index (κ2) is 6.18. The van der Waals surface area contributed by atoms with E-state index in [4.69, 9.17) is 5.11 Å². The van der Waals surface area contributed by atoms with Gasteiger partial charge in [0.15, 0.2) is 0 Å². The average Bonchev–Trinajstić information content (AvgIpc) is 2.77. The number of aromatic amines is 1. The normalized spacial score (nSPS) is 11.8. The second-order valence-electron chi connectivity index (χ2n) is 4.00. The van der Waals surface area contributed by atoms with E-state index in [0.29, 0.717) is 16.0 Å². The molecular weight excluding hydrogens is 276 g/mol. The van der Waals surface area contributed by atoms with E-state index in [2.05, 4.69) is 9.97 Å². The Labute approximate surface area is 111 Å². The van der Waals surface area contributed by atoms with E-state index < -0.39 is 13.0 Å². The molecule has 0 aliphatic heterocycles. The molecule has 5 nitrogen and oxygen atoms in total. The van der Waals surface area contributed by atoms with Crippen LogP contribution in [0.2, 0.25) is 0 Å². The first-order valence-corrected chi connectivity index (χ1v) is 6.56. The van der Waals surface area contributed by atoms with Gasteiger partial charge in [-0.25, -0.2) is 13.8 Å². The molecule has 0 fully saturated rings. The zero-order valence-corrected chi connectivity index (χ0v) is 10.8. The van der Waals surface area contributed by atoms with Crippen molar-refractivity contribution in [2.75, 3.05) is 19.7 Å². The summed E-state index contributed by atoms with van der Waals surface area (Å²) in [5.41, 5.74) is 0.292. The fourth-order valence-electron chi connectivity index (χ4n) is 1.78. The molecule has 2 rings (SSSR count). The lowest BCUT2D eigenvalue weighted by molar-refractivity contribution is 0.0734. The van der Waals surface area contributed by atoms with Crippen molar-refractivity contribution in [3.8, 4) is 0 Å². The van der Waals surface area contributed by atoms with Crippen LogP contribution in [0.15, 0.2) is 16.2 Å². The number of hydrogen-bond donors (Lipinski definition) is 2. The van der Waals surface area contributed by atoms with Gasteiger partial charge in [-0.3, -0.25) is 9.69 Å². The third-order valence-electron chi connectivity index (χ3n) is 2.55. The summed E-state index contributed by atoms with van der Waals surface area (Å²) < 4.78 is 25.3. The molecular formula is C11H13F2N3O2S. The molecule has 0 aromatic carbocycles. The topological polar surface area (TPSA) is 69.2 Å². The van der Waals surface area contributed by atoms with E-state index in [1.807, 2.05) is 0 Å². The smallest absolute Gasteiger partial charge is 0.268 e. The van der Waals surface area contributed by atoms with Gasteiger partial charge in [-0.15, -0.1) is 11.3 Å². The Morgan fingerprint density at radius 3 is 3.00 bits per heavy atom. The molecule has 0 aliphatic rings. The van der Waals surface area contributed by atoms with Crippen molar-refractivity contribution in [2.24, 2.45) is 0 Å². The fraction of sp³-hybridized carbons (Fsp3) is 0.455. The Hall–Kier alpha value is -1.38. The van der Waals surface area contributed by atoms with Gasteiger partial charge >= 0.3 is 0 Å². The number of hydrogen-bond acceptors (Lipinski definition) is 5. The van der Waals surface area contributed by atoms with Gasteiger partial charge in [-0.1, -0.05) is 0 Å². The summed E-state index contributed by atoms with van der Waals surface area (Å²) in [5.74, 6) is 0.324. The van der Waals surface area contributed by atoms with Crippen LogP contribution in [-0.4, -0.2) is 46.1 Å².